The third-order valence-electron chi connectivity index (χ3n) is 7.29. The minimum Gasteiger partial charge on any atom is -0.452 e. The number of aliphatic hydroxyl groups is 1. The van der Waals surface area contributed by atoms with Crippen LogP contribution >= 0.6 is 0 Å². The Kier molecular flexibility index (Phi) is 5.01. The number of aryl methyl sites for hydroxylation is 1. The van der Waals surface area contributed by atoms with Gasteiger partial charge in [0.25, 0.3) is 5.91 Å². The molecule has 2 unspecified atom stereocenters. The molecule has 5 atom stereocenters. The predicted molar refractivity (Wildman–Crippen MR) is 112 cm³/mol. The first-order valence-electron chi connectivity index (χ1n) is 10.9. The number of ether oxygens (including phenoxy) is 1. The molecule has 0 heterocycles. The molecule has 0 radical (unpaired) electrons. The molecule has 4 bridgehead atoms. The van der Waals surface area contributed by atoms with Crippen molar-refractivity contribution >= 4 is 17.6 Å². The molecule has 158 valence electrons. The zero-order valence-electron chi connectivity index (χ0n) is 18.0. The summed E-state index contributed by atoms with van der Waals surface area (Å²) in [6.07, 6.45) is 3.90. The minimum absolute atomic E-state index is 0.274. The first-order valence-corrected chi connectivity index (χ1v) is 10.9. The number of carbonyl (C=O) groups is 2. The Bertz CT molecular complexity index is 816. The Morgan fingerprint density at radius 1 is 1.14 bits per heavy atom. The molecule has 4 aliphatic rings. The zero-order chi connectivity index (χ0) is 21.0. The fourth-order valence-electron chi connectivity index (χ4n) is 6.36. The highest BCUT2D eigenvalue weighted by molar-refractivity contribution is 5.96. The van der Waals surface area contributed by atoms with E-state index < -0.39 is 17.1 Å². The highest BCUT2D eigenvalue weighted by Gasteiger charge is 2.61. The van der Waals surface area contributed by atoms with E-state index in [9.17, 15) is 14.7 Å². The van der Waals surface area contributed by atoms with Gasteiger partial charge < -0.3 is 15.2 Å². The van der Waals surface area contributed by atoms with Gasteiger partial charge in [0, 0.05) is 5.69 Å². The van der Waals surface area contributed by atoms with Crippen LogP contribution < -0.4 is 5.32 Å². The van der Waals surface area contributed by atoms with Crippen molar-refractivity contribution < 1.29 is 19.4 Å². The second-order valence-electron chi connectivity index (χ2n) is 10.2. The molecule has 29 heavy (non-hydrogen) atoms. The Labute approximate surface area is 173 Å². The van der Waals surface area contributed by atoms with Gasteiger partial charge >= 0.3 is 5.97 Å². The number of esters is 1. The lowest BCUT2D eigenvalue weighted by Crippen LogP contribution is -2.59. The molecule has 4 aliphatic carbocycles. The minimum atomic E-state index is -0.871. The second-order valence-corrected chi connectivity index (χ2v) is 10.2. The number of carbonyl (C=O) groups excluding carboxylic acids is 2. The van der Waals surface area contributed by atoms with Crippen molar-refractivity contribution in [1.82, 2.24) is 0 Å². The molecule has 1 amide bonds. The molecule has 1 aromatic carbocycles. The Morgan fingerprint density at radius 2 is 1.79 bits per heavy atom. The van der Waals surface area contributed by atoms with E-state index >= 15 is 0 Å². The van der Waals surface area contributed by atoms with Gasteiger partial charge in [0.1, 0.15) is 0 Å². The van der Waals surface area contributed by atoms with Crippen LogP contribution in [0.5, 0.6) is 0 Å². The number of nitrogens with one attached hydrogen (secondary N) is 1. The van der Waals surface area contributed by atoms with E-state index in [4.69, 9.17) is 4.74 Å². The van der Waals surface area contributed by atoms with Crippen molar-refractivity contribution in [2.45, 2.75) is 83.8 Å². The molecule has 5 nitrogen and oxygen atoms in total. The molecule has 2 N–H and O–H groups in total. The summed E-state index contributed by atoms with van der Waals surface area (Å²) in [4.78, 5) is 26.0. The smallest absolute Gasteiger partial charge is 0.312 e. The summed E-state index contributed by atoms with van der Waals surface area (Å²) < 4.78 is 5.69. The summed E-state index contributed by atoms with van der Waals surface area (Å²) >= 11 is 0. The Balaban J connectivity index is 1.46. The third-order valence-corrected chi connectivity index (χ3v) is 7.29. The summed E-state index contributed by atoms with van der Waals surface area (Å²) in [7, 11) is 0. The number of hydrogen-bond donors (Lipinski definition) is 2. The molecular weight excluding hydrogens is 366 g/mol. The van der Waals surface area contributed by atoms with Crippen LogP contribution in [0.4, 0.5) is 5.69 Å². The number of hydrogen-bond acceptors (Lipinski definition) is 4. The predicted octanol–water partition coefficient (Wildman–Crippen LogP) is 4.32. The van der Waals surface area contributed by atoms with Crippen molar-refractivity contribution in [3.05, 3.63) is 29.3 Å². The molecule has 5 rings (SSSR count). The number of para-hydroxylation sites is 1. The van der Waals surface area contributed by atoms with Crippen LogP contribution in [0.15, 0.2) is 18.2 Å². The van der Waals surface area contributed by atoms with Gasteiger partial charge in [0.15, 0.2) is 6.10 Å². The standard InChI is InChI=1S/C24H33NO4/c1-14(2)19-7-5-6-15(3)20(19)25-21(26)16(4)29-22(27)23-9-17-8-18(10-23)12-24(28,11-17)13-23/h5-7,14,16-18,28H,8-13H2,1-4H3,(H,25,26)/t16-,17-,18+,23?,24?/m0/s1. The van der Waals surface area contributed by atoms with Crippen LogP contribution in [0.2, 0.25) is 0 Å². The summed E-state index contributed by atoms with van der Waals surface area (Å²) in [6, 6.07) is 5.97. The van der Waals surface area contributed by atoms with Crippen LogP contribution in [0, 0.1) is 24.2 Å². The lowest BCUT2D eigenvalue weighted by Gasteiger charge is -2.58. The molecule has 5 heteroatoms. The van der Waals surface area contributed by atoms with Gasteiger partial charge in [-0.1, -0.05) is 32.0 Å². The van der Waals surface area contributed by atoms with E-state index in [2.05, 4.69) is 19.2 Å². The van der Waals surface area contributed by atoms with Crippen molar-refractivity contribution in [1.29, 1.82) is 0 Å². The van der Waals surface area contributed by atoms with Crippen LogP contribution in [0.1, 0.15) is 76.3 Å². The number of benzene rings is 1. The van der Waals surface area contributed by atoms with Crippen LogP contribution in [0.3, 0.4) is 0 Å². The fraction of sp³-hybridized carbons (Fsp3) is 0.667. The van der Waals surface area contributed by atoms with Crippen LogP contribution in [0.25, 0.3) is 0 Å². The van der Waals surface area contributed by atoms with Crippen molar-refractivity contribution in [2.75, 3.05) is 5.32 Å². The first-order chi connectivity index (χ1) is 13.6. The molecule has 4 saturated carbocycles. The summed E-state index contributed by atoms with van der Waals surface area (Å²) in [6.45, 7) is 7.78. The van der Waals surface area contributed by atoms with E-state index in [-0.39, 0.29) is 17.8 Å². The molecule has 4 fully saturated rings. The van der Waals surface area contributed by atoms with Crippen molar-refractivity contribution in [3.63, 3.8) is 0 Å². The van der Waals surface area contributed by atoms with Crippen molar-refractivity contribution in [2.24, 2.45) is 17.3 Å². The lowest BCUT2D eigenvalue weighted by atomic mass is 9.48. The van der Waals surface area contributed by atoms with E-state index in [0.717, 1.165) is 48.9 Å². The van der Waals surface area contributed by atoms with Gasteiger partial charge in [-0.05, 0) is 81.3 Å². The number of rotatable bonds is 5. The monoisotopic (exact) mass is 399 g/mol. The van der Waals surface area contributed by atoms with Gasteiger partial charge in [-0.15, -0.1) is 0 Å². The summed E-state index contributed by atoms with van der Waals surface area (Å²) in [5.41, 5.74) is 1.53. The fourth-order valence-corrected chi connectivity index (χ4v) is 6.36. The average molecular weight is 400 g/mol. The summed E-state index contributed by atoms with van der Waals surface area (Å²) in [5, 5.41) is 13.9. The van der Waals surface area contributed by atoms with E-state index in [1.807, 2.05) is 25.1 Å². The maximum atomic E-state index is 13.1. The Morgan fingerprint density at radius 3 is 2.38 bits per heavy atom. The van der Waals surface area contributed by atoms with Gasteiger partial charge in [0.05, 0.1) is 11.0 Å². The number of anilines is 1. The molecule has 1 aromatic rings. The number of amides is 1. The second kappa shape index (κ2) is 7.12. The largest absolute Gasteiger partial charge is 0.452 e. The van der Waals surface area contributed by atoms with Gasteiger partial charge in [-0.25, -0.2) is 0 Å². The van der Waals surface area contributed by atoms with Crippen LogP contribution in [-0.2, 0) is 14.3 Å². The van der Waals surface area contributed by atoms with Crippen LogP contribution in [-0.4, -0.2) is 28.7 Å². The van der Waals surface area contributed by atoms with Gasteiger partial charge in [-0.2, -0.15) is 0 Å². The molecular formula is C24H33NO4. The SMILES string of the molecule is Cc1cccc(C(C)C)c1NC(=O)[C@H](C)OC(=O)C12C[C@@H]3C[C@@H](CC(O)(C3)C1)C2. The average Bonchev–Trinajstić information content (AvgIpc) is 2.60. The molecule has 0 saturated heterocycles. The normalized spacial score (nSPS) is 33.6. The van der Waals surface area contributed by atoms with Gasteiger partial charge in [0.2, 0.25) is 0 Å². The highest BCUT2D eigenvalue weighted by Crippen LogP contribution is 2.62. The quantitative estimate of drug-likeness (QED) is 0.723. The zero-order valence-corrected chi connectivity index (χ0v) is 18.0. The van der Waals surface area contributed by atoms with E-state index in [1.165, 1.54) is 0 Å². The third kappa shape index (κ3) is 3.70. The Hall–Kier alpha value is -1.88. The molecule has 0 aliphatic heterocycles. The van der Waals surface area contributed by atoms with Crippen molar-refractivity contribution in [3.8, 4) is 0 Å². The first kappa shape index (κ1) is 20.4. The molecule has 0 aromatic heterocycles. The lowest BCUT2D eigenvalue weighted by molar-refractivity contribution is -0.199. The maximum Gasteiger partial charge on any atom is 0.312 e. The van der Waals surface area contributed by atoms with E-state index in [1.54, 1.807) is 6.92 Å². The topological polar surface area (TPSA) is 75.6 Å². The molecule has 0 spiro atoms. The summed E-state index contributed by atoms with van der Waals surface area (Å²) in [5.74, 6) is 0.465. The highest BCUT2D eigenvalue weighted by atomic mass is 16.5. The maximum absolute atomic E-state index is 13.1. The van der Waals surface area contributed by atoms with Gasteiger partial charge in [-0.3, -0.25) is 9.59 Å². The van der Waals surface area contributed by atoms with E-state index in [0.29, 0.717) is 18.3 Å².